The van der Waals surface area contributed by atoms with Gasteiger partial charge in [0.05, 0.1) is 22.4 Å². The van der Waals surface area contributed by atoms with Gasteiger partial charge in [-0.3, -0.25) is 0 Å². The van der Waals surface area contributed by atoms with Gasteiger partial charge in [-0.2, -0.15) is 0 Å². The molecule has 0 fully saturated rings. The number of hydrogen-bond acceptors (Lipinski definition) is 6. The van der Waals surface area contributed by atoms with Gasteiger partial charge in [0, 0.05) is 5.39 Å². The Morgan fingerprint density at radius 1 is 1.06 bits per heavy atom. The van der Waals surface area contributed by atoms with E-state index in [2.05, 4.69) is 9.75 Å². The van der Waals surface area contributed by atoms with Gasteiger partial charge in [0.15, 0.2) is 0 Å². The number of rotatable bonds is 2. The molecule has 0 saturated heterocycles. The predicted octanol–water partition coefficient (Wildman–Crippen LogP) is 4.37. The van der Waals surface area contributed by atoms with E-state index in [-0.39, 0.29) is 10.6 Å². The van der Waals surface area contributed by atoms with E-state index in [1.807, 2.05) is 0 Å². The summed E-state index contributed by atoms with van der Waals surface area (Å²) >= 11 is 5.11. The molecule has 0 unspecified atom stereocenters. The Labute approximate surface area is 109 Å². The van der Waals surface area contributed by atoms with Gasteiger partial charge >= 0.3 is 0 Å². The minimum atomic E-state index is -3.86. The third-order valence-electron chi connectivity index (χ3n) is 2.36. The van der Waals surface area contributed by atoms with E-state index in [1.165, 1.54) is 12.1 Å². The van der Waals surface area contributed by atoms with E-state index in [0.717, 1.165) is 6.07 Å². The molecule has 6 nitrogen and oxygen atoms in total. The third kappa shape index (κ3) is 2.55. The van der Waals surface area contributed by atoms with Crippen molar-refractivity contribution in [3.63, 3.8) is 0 Å². The van der Waals surface area contributed by atoms with Gasteiger partial charge < -0.3 is 18.8 Å². The fourth-order valence-corrected chi connectivity index (χ4v) is 2.21. The second kappa shape index (κ2) is 4.71. The molecule has 0 aliphatic rings. The molecule has 2 aromatic carbocycles. The van der Waals surface area contributed by atoms with Crippen LogP contribution in [0.25, 0.3) is 10.8 Å². The number of nitrogens with zero attached hydrogens (tertiary/aromatic N) is 2. The summed E-state index contributed by atoms with van der Waals surface area (Å²) < 4.78 is 30.5. The Balaban J connectivity index is 2.66. The van der Waals surface area contributed by atoms with E-state index >= 15 is 0 Å². The fourth-order valence-electron chi connectivity index (χ4n) is 1.56. The van der Waals surface area contributed by atoms with Crippen molar-refractivity contribution in [1.82, 2.24) is 0 Å². The van der Waals surface area contributed by atoms with E-state index in [4.69, 9.17) is 25.4 Å². The first-order chi connectivity index (χ1) is 8.41. The second-order valence-corrected chi connectivity index (χ2v) is 5.20. The van der Waals surface area contributed by atoms with Gasteiger partial charge in [-0.05, 0) is 29.7 Å². The Bertz CT molecular complexity index is 627. The Morgan fingerprint density at radius 3 is 2.39 bits per heavy atom. The second-order valence-electron chi connectivity index (χ2n) is 3.54. The summed E-state index contributed by atoms with van der Waals surface area (Å²) in [7, 11) is -3.86. The molecule has 4 N–H and O–H groups in total. The molecule has 96 valence electrons. The van der Waals surface area contributed by atoms with Gasteiger partial charge in [0.1, 0.15) is 16.6 Å². The minimum absolute atomic E-state index is 0.154. The average Bonchev–Trinajstić information content (AvgIpc) is 2.29. The van der Waals surface area contributed by atoms with Crippen molar-refractivity contribution >= 4 is 39.1 Å². The summed E-state index contributed by atoms with van der Waals surface area (Å²) in [6.45, 7) is 0. The van der Waals surface area contributed by atoms with Crippen LogP contribution in [0, 0.1) is 0 Å². The molecule has 0 aliphatic carbocycles. The van der Waals surface area contributed by atoms with Crippen LogP contribution < -0.4 is 0 Å². The van der Waals surface area contributed by atoms with Gasteiger partial charge in [0.2, 0.25) is 0 Å². The summed E-state index contributed by atoms with van der Waals surface area (Å²) in [4.78, 5) is -0.154. The van der Waals surface area contributed by atoms with E-state index < -0.39 is 10.9 Å². The highest BCUT2D eigenvalue weighted by Crippen LogP contribution is 2.46. The zero-order valence-corrected chi connectivity index (χ0v) is 10.4. The predicted molar refractivity (Wildman–Crippen MR) is 69.7 cm³/mol. The summed E-state index contributed by atoms with van der Waals surface area (Å²) in [6.07, 6.45) is 0. The molecule has 0 bridgehead atoms. The molecule has 0 atom stereocenters. The van der Waals surface area contributed by atoms with Crippen LogP contribution in [0.2, 0.25) is 0 Å². The van der Waals surface area contributed by atoms with E-state index in [9.17, 15) is 5.11 Å². The number of hydrogen-bond donors (Lipinski definition) is 4. The van der Waals surface area contributed by atoms with Crippen molar-refractivity contribution in [2.75, 3.05) is 0 Å². The lowest BCUT2D eigenvalue weighted by atomic mass is 10.1. The minimum Gasteiger partial charge on any atom is -0.507 e. The fraction of sp³-hybridized carbons (Fsp3) is 0. The van der Waals surface area contributed by atoms with Crippen LogP contribution in [-0.4, -0.2) is 18.8 Å². The Hall–Kier alpha value is -1.38. The van der Waals surface area contributed by atoms with Gasteiger partial charge in [0.25, 0.3) is 0 Å². The maximum absolute atomic E-state index is 9.78. The SMILES string of the molecule is Oc1cc(S(O)(O)O)cc2ccc(N=NCl)cc12. The number of aromatic hydroxyl groups is 1. The number of benzene rings is 2. The standard InChI is InChI=1S/C10H9ClN2O4S/c11-13-12-7-2-1-6-3-8(18(15,16)17)5-10(14)9(6)4-7/h1-5,14-17H. The Kier molecular flexibility index (Phi) is 3.42. The average molecular weight is 289 g/mol. The molecule has 2 aromatic rings. The lowest BCUT2D eigenvalue weighted by Gasteiger charge is -2.20. The van der Waals surface area contributed by atoms with Gasteiger partial charge in [-0.15, -0.1) is 5.11 Å². The van der Waals surface area contributed by atoms with Crippen molar-refractivity contribution in [2.45, 2.75) is 4.90 Å². The topological polar surface area (TPSA) is 106 Å². The number of phenols is 1. The molecule has 0 radical (unpaired) electrons. The molecule has 0 aliphatic heterocycles. The molecule has 8 heteroatoms. The normalized spacial score (nSPS) is 13.3. The molecule has 0 spiro atoms. The third-order valence-corrected chi connectivity index (χ3v) is 3.30. The summed E-state index contributed by atoms with van der Waals surface area (Å²) in [5.41, 5.74) is 0.441. The van der Waals surface area contributed by atoms with Crippen molar-refractivity contribution in [2.24, 2.45) is 9.75 Å². The van der Waals surface area contributed by atoms with Crippen molar-refractivity contribution < 1.29 is 18.8 Å². The van der Waals surface area contributed by atoms with Crippen LogP contribution in [0.15, 0.2) is 45.0 Å². The lowest BCUT2D eigenvalue weighted by Crippen LogP contribution is -1.95. The highest BCUT2D eigenvalue weighted by atomic mass is 35.5. The largest absolute Gasteiger partial charge is 0.507 e. The summed E-state index contributed by atoms with van der Waals surface area (Å²) in [6, 6.07) is 7.15. The quantitative estimate of drug-likeness (QED) is 0.616. The summed E-state index contributed by atoms with van der Waals surface area (Å²) in [5, 5.41) is 14.3. The smallest absolute Gasteiger partial charge is 0.124 e. The first kappa shape index (κ1) is 13.1. The molecule has 0 amide bonds. The molecular weight excluding hydrogens is 280 g/mol. The number of fused-ring (bicyclic) bond motifs is 1. The van der Waals surface area contributed by atoms with Crippen molar-refractivity contribution in [3.8, 4) is 5.75 Å². The highest BCUT2D eigenvalue weighted by Gasteiger charge is 2.18. The van der Waals surface area contributed by atoms with E-state index in [0.29, 0.717) is 16.5 Å². The lowest BCUT2D eigenvalue weighted by molar-refractivity contribution is 0.375. The number of phenolic OH excluding ortho intramolecular Hbond substituents is 1. The van der Waals surface area contributed by atoms with Crippen LogP contribution in [0.1, 0.15) is 0 Å². The van der Waals surface area contributed by atoms with Crippen molar-refractivity contribution in [1.29, 1.82) is 0 Å². The first-order valence-electron chi connectivity index (χ1n) is 4.71. The van der Waals surface area contributed by atoms with Crippen LogP contribution in [-0.2, 0) is 0 Å². The van der Waals surface area contributed by atoms with Gasteiger partial charge in [-0.1, -0.05) is 10.7 Å². The Morgan fingerprint density at radius 2 is 1.78 bits per heavy atom. The molecule has 2 rings (SSSR count). The maximum atomic E-state index is 9.78. The molecule has 0 aromatic heterocycles. The zero-order valence-electron chi connectivity index (χ0n) is 8.86. The zero-order chi connectivity index (χ0) is 13.3. The van der Waals surface area contributed by atoms with Crippen LogP contribution in [0.4, 0.5) is 5.69 Å². The number of halogens is 1. The molecule has 0 heterocycles. The van der Waals surface area contributed by atoms with Gasteiger partial charge in [-0.25, -0.2) is 0 Å². The summed E-state index contributed by atoms with van der Waals surface area (Å²) in [5.74, 6) is -0.205. The molecule has 0 saturated carbocycles. The maximum Gasteiger partial charge on any atom is 0.124 e. The van der Waals surface area contributed by atoms with Crippen LogP contribution >= 0.6 is 22.6 Å². The van der Waals surface area contributed by atoms with E-state index in [1.54, 1.807) is 12.1 Å². The first-order valence-corrected chi connectivity index (χ1v) is 6.55. The van der Waals surface area contributed by atoms with Crippen LogP contribution in [0.3, 0.4) is 0 Å². The molecular formula is C10H9ClN2O4S. The van der Waals surface area contributed by atoms with Crippen molar-refractivity contribution in [3.05, 3.63) is 30.3 Å². The molecule has 18 heavy (non-hydrogen) atoms. The van der Waals surface area contributed by atoms with Crippen LogP contribution in [0.5, 0.6) is 5.75 Å². The monoisotopic (exact) mass is 288 g/mol. The highest BCUT2D eigenvalue weighted by molar-refractivity contribution is 8.19.